The summed E-state index contributed by atoms with van der Waals surface area (Å²) in [5.41, 5.74) is 1.75. The molecule has 31 heavy (non-hydrogen) atoms. The van der Waals surface area contributed by atoms with E-state index in [0.29, 0.717) is 10.8 Å². The van der Waals surface area contributed by atoms with Gasteiger partial charge in [-0.25, -0.2) is 0 Å². The first kappa shape index (κ1) is 21.5. The van der Waals surface area contributed by atoms with Gasteiger partial charge in [-0.05, 0) is 43.3 Å². The van der Waals surface area contributed by atoms with E-state index < -0.39 is 16.7 Å². The second-order valence-electron chi connectivity index (χ2n) is 6.35. The number of nitrogens with zero attached hydrogens (tertiary/aromatic N) is 4. The number of nitro groups is 1. The summed E-state index contributed by atoms with van der Waals surface area (Å²) in [4.78, 5) is 36.0. The molecule has 2 aromatic carbocycles. The number of carbonyl (C=O) groups is 2. The number of imide groups is 1. The monoisotopic (exact) mass is 439 g/mol. The van der Waals surface area contributed by atoms with Gasteiger partial charge in [0, 0.05) is 17.6 Å². The van der Waals surface area contributed by atoms with E-state index in [1.165, 1.54) is 32.2 Å². The van der Waals surface area contributed by atoms with Crippen LogP contribution in [0.5, 0.6) is 11.5 Å². The SMILES string of the molecule is CC1=C(C#N)C(=O)N(C)C(=O)/C1=N\Nc1ccc(Oc2ccc(Cl)cc2)cc1[N+](=O)[O-]. The number of hydrogen-bond acceptors (Lipinski definition) is 8. The molecule has 2 aromatic rings. The first-order valence-electron chi connectivity index (χ1n) is 8.72. The molecular weight excluding hydrogens is 426 g/mol. The van der Waals surface area contributed by atoms with E-state index >= 15 is 0 Å². The maximum Gasteiger partial charge on any atom is 0.297 e. The van der Waals surface area contributed by atoms with Gasteiger partial charge < -0.3 is 4.74 Å². The molecule has 2 amide bonds. The third kappa shape index (κ3) is 4.36. The van der Waals surface area contributed by atoms with Crippen molar-refractivity contribution in [3.8, 4) is 17.6 Å². The summed E-state index contributed by atoms with van der Waals surface area (Å²) in [6.07, 6.45) is 0. The zero-order valence-electron chi connectivity index (χ0n) is 16.2. The first-order chi connectivity index (χ1) is 14.7. The van der Waals surface area contributed by atoms with Crippen molar-refractivity contribution in [2.24, 2.45) is 5.10 Å². The molecule has 1 N–H and O–H groups in total. The lowest BCUT2D eigenvalue weighted by molar-refractivity contribution is -0.384. The van der Waals surface area contributed by atoms with E-state index in [1.807, 2.05) is 0 Å². The smallest absolute Gasteiger partial charge is 0.297 e. The molecule has 0 atom stereocenters. The highest BCUT2D eigenvalue weighted by atomic mass is 35.5. The van der Waals surface area contributed by atoms with E-state index in [1.54, 1.807) is 30.3 Å². The predicted molar refractivity (Wildman–Crippen MR) is 112 cm³/mol. The number of halogens is 1. The molecule has 11 heteroatoms. The number of nitriles is 1. The van der Waals surface area contributed by atoms with Gasteiger partial charge in [-0.2, -0.15) is 10.4 Å². The van der Waals surface area contributed by atoms with Crippen LogP contribution < -0.4 is 10.2 Å². The number of hydrazone groups is 1. The second kappa shape index (κ2) is 8.64. The molecule has 10 nitrogen and oxygen atoms in total. The van der Waals surface area contributed by atoms with E-state index in [-0.39, 0.29) is 34.0 Å². The van der Waals surface area contributed by atoms with Crippen LogP contribution in [0.15, 0.2) is 58.7 Å². The molecule has 0 unspecified atom stereocenters. The van der Waals surface area contributed by atoms with Gasteiger partial charge in [0.25, 0.3) is 17.5 Å². The minimum atomic E-state index is -0.737. The van der Waals surface area contributed by atoms with E-state index in [4.69, 9.17) is 16.3 Å². The number of hydrogen-bond donors (Lipinski definition) is 1. The zero-order valence-corrected chi connectivity index (χ0v) is 17.0. The Labute approximate surface area is 181 Å². The summed E-state index contributed by atoms with van der Waals surface area (Å²) in [7, 11) is 1.22. The van der Waals surface area contributed by atoms with Crippen molar-refractivity contribution in [3.05, 3.63) is 68.7 Å². The van der Waals surface area contributed by atoms with Crippen LogP contribution in [0.2, 0.25) is 5.02 Å². The summed E-state index contributed by atoms with van der Waals surface area (Å²) in [6.45, 7) is 1.40. The lowest BCUT2D eigenvalue weighted by Gasteiger charge is -2.22. The number of amides is 2. The molecule has 0 saturated carbocycles. The minimum absolute atomic E-state index is 0.0142. The molecule has 0 bridgehead atoms. The molecule has 0 fully saturated rings. The third-order valence-corrected chi connectivity index (χ3v) is 4.62. The normalized spacial score (nSPS) is 15.2. The van der Waals surface area contributed by atoms with Crippen molar-refractivity contribution in [3.63, 3.8) is 0 Å². The van der Waals surface area contributed by atoms with Crippen molar-refractivity contribution < 1.29 is 19.2 Å². The van der Waals surface area contributed by atoms with Crippen molar-refractivity contribution in [1.29, 1.82) is 5.26 Å². The highest BCUT2D eigenvalue weighted by Gasteiger charge is 2.34. The summed E-state index contributed by atoms with van der Waals surface area (Å²) >= 11 is 5.82. The lowest BCUT2D eigenvalue weighted by Crippen LogP contribution is -2.44. The fourth-order valence-corrected chi connectivity index (χ4v) is 2.82. The van der Waals surface area contributed by atoms with Crippen LogP contribution in [0, 0.1) is 21.4 Å². The van der Waals surface area contributed by atoms with E-state index in [2.05, 4.69) is 10.5 Å². The van der Waals surface area contributed by atoms with Crippen LogP contribution in [0.1, 0.15) is 6.92 Å². The van der Waals surface area contributed by atoms with Crippen molar-refractivity contribution >= 4 is 40.5 Å². The highest BCUT2D eigenvalue weighted by molar-refractivity contribution is 6.50. The number of ether oxygens (including phenoxy) is 1. The Balaban J connectivity index is 1.92. The molecule has 1 heterocycles. The van der Waals surface area contributed by atoms with Crippen LogP contribution >= 0.6 is 11.6 Å². The number of benzene rings is 2. The molecule has 0 aliphatic carbocycles. The fraction of sp³-hybridized carbons (Fsp3) is 0.100. The predicted octanol–water partition coefficient (Wildman–Crippen LogP) is 3.65. The van der Waals surface area contributed by atoms with Crippen molar-refractivity contribution in [2.45, 2.75) is 6.92 Å². The Kier molecular flexibility index (Phi) is 5.99. The van der Waals surface area contributed by atoms with Gasteiger partial charge in [-0.15, -0.1) is 0 Å². The van der Waals surface area contributed by atoms with E-state index in [0.717, 1.165) is 4.90 Å². The number of anilines is 1. The van der Waals surface area contributed by atoms with Crippen LogP contribution in [-0.4, -0.2) is 34.4 Å². The Morgan fingerprint density at radius 2 is 1.81 bits per heavy atom. The average molecular weight is 440 g/mol. The second-order valence-corrected chi connectivity index (χ2v) is 6.78. The summed E-state index contributed by atoms with van der Waals surface area (Å²) in [5.74, 6) is -0.836. The van der Waals surface area contributed by atoms with E-state index in [9.17, 15) is 25.0 Å². The zero-order chi connectivity index (χ0) is 22.7. The Bertz CT molecular complexity index is 1200. The molecule has 1 aliphatic rings. The Morgan fingerprint density at radius 1 is 1.16 bits per heavy atom. The Hall–Kier alpha value is -4.23. The summed E-state index contributed by atoms with van der Waals surface area (Å²) in [5, 5.41) is 25.1. The van der Waals surface area contributed by atoms with Crippen LogP contribution in [-0.2, 0) is 9.59 Å². The first-order valence-corrected chi connectivity index (χ1v) is 9.10. The van der Waals surface area contributed by atoms with Crippen LogP contribution in [0.4, 0.5) is 11.4 Å². The number of nitro benzene ring substituents is 1. The van der Waals surface area contributed by atoms with Crippen molar-refractivity contribution in [2.75, 3.05) is 12.5 Å². The van der Waals surface area contributed by atoms with Gasteiger partial charge in [-0.3, -0.25) is 30.0 Å². The van der Waals surface area contributed by atoms with Gasteiger partial charge in [0.15, 0.2) is 5.71 Å². The molecule has 0 saturated heterocycles. The minimum Gasteiger partial charge on any atom is -0.457 e. The van der Waals surface area contributed by atoms with Gasteiger partial charge in [-0.1, -0.05) is 11.6 Å². The molecule has 0 aromatic heterocycles. The molecule has 3 rings (SSSR count). The largest absolute Gasteiger partial charge is 0.457 e. The highest BCUT2D eigenvalue weighted by Crippen LogP contribution is 2.32. The molecule has 156 valence electrons. The molecule has 0 spiro atoms. The maximum absolute atomic E-state index is 12.4. The summed E-state index contributed by atoms with van der Waals surface area (Å²) < 4.78 is 5.59. The fourth-order valence-electron chi connectivity index (χ4n) is 2.70. The topological polar surface area (TPSA) is 138 Å². The van der Waals surface area contributed by atoms with Crippen molar-refractivity contribution in [1.82, 2.24) is 4.90 Å². The summed E-state index contributed by atoms with van der Waals surface area (Å²) in [6, 6.07) is 12.2. The van der Waals surface area contributed by atoms with Crippen LogP contribution in [0.25, 0.3) is 0 Å². The number of likely N-dealkylation sites (N-methyl/N-ethyl adjacent to an activating group) is 1. The molecule has 0 radical (unpaired) electrons. The Morgan fingerprint density at radius 3 is 2.42 bits per heavy atom. The average Bonchev–Trinajstić information content (AvgIpc) is 2.75. The van der Waals surface area contributed by atoms with Gasteiger partial charge in [0.05, 0.1) is 11.0 Å². The number of carbonyl (C=O) groups excluding carboxylic acids is 2. The maximum atomic E-state index is 12.4. The quantitative estimate of drug-likeness (QED) is 0.426. The molecule has 1 aliphatic heterocycles. The number of rotatable bonds is 5. The van der Waals surface area contributed by atoms with Gasteiger partial charge in [0.2, 0.25) is 0 Å². The van der Waals surface area contributed by atoms with Gasteiger partial charge in [0.1, 0.15) is 28.8 Å². The third-order valence-electron chi connectivity index (χ3n) is 4.37. The standard InChI is InChI=1S/C20H14ClN5O5/c1-11-15(10-22)19(27)25(2)20(28)18(11)24-23-16-8-7-14(9-17(16)26(29)30)31-13-5-3-12(21)4-6-13/h3-9,23H,1-2H3/b24-18-. The lowest BCUT2D eigenvalue weighted by atomic mass is 10.00. The molecular formula is C20H14ClN5O5. The van der Waals surface area contributed by atoms with Crippen LogP contribution in [0.3, 0.4) is 0 Å². The van der Waals surface area contributed by atoms with Gasteiger partial charge >= 0.3 is 0 Å². The number of nitrogens with one attached hydrogen (secondary N) is 1.